The quantitative estimate of drug-likeness (QED) is 0.411. The minimum Gasteiger partial charge on any atom is -0.510 e. The third kappa shape index (κ3) is 2.73. The summed E-state index contributed by atoms with van der Waals surface area (Å²) in [5, 5.41) is 43.5. The Morgan fingerprint density at radius 2 is 1.94 bits per heavy atom. The fraction of sp³-hybridized carbons (Fsp3) is 0.381. The first kappa shape index (κ1) is 21.4. The van der Waals surface area contributed by atoms with Crippen LogP contribution < -0.4 is 5.73 Å². The molecule has 0 fully saturated rings. The Balaban J connectivity index is 1.97. The van der Waals surface area contributed by atoms with E-state index in [2.05, 4.69) is 6.07 Å². The van der Waals surface area contributed by atoms with Crippen LogP contribution in [0.1, 0.15) is 22.3 Å². The molecular formula is C21H20ClN2O7. The second-order valence-corrected chi connectivity index (χ2v) is 8.73. The number of nitrogens with two attached hydrogens (primary N) is 1. The number of hydrogen-bond acceptors (Lipinski definition) is 8. The van der Waals surface area contributed by atoms with Crippen molar-refractivity contribution in [2.75, 3.05) is 14.1 Å². The maximum atomic E-state index is 13.2. The second kappa shape index (κ2) is 6.81. The molecule has 0 saturated heterocycles. The van der Waals surface area contributed by atoms with Crippen molar-refractivity contribution in [2.45, 2.75) is 24.5 Å². The minimum atomic E-state index is -2.64. The molecule has 3 aliphatic carbocycles. The molecule has 0 aromatic heterocycles. The zero-order valence-electron chi connectivity index (χ0n) is 16.6. The zero-order valence-corrected chi connectivity index (χ0v) is 17.4. The summed E-state index contributed by atoms with van der Waals surface area (Å²) in [5.41, 5.74) is 1.81. The van der Waals surface area contributed by atoms with Crippen LogP contribution in [0.5, 0.6) is 5.75 Å². The third-order valence-electron chi connectivity index (χ3n) is 6.41. The molecule has 163 valence electrons. The van der Waals surface area contributed by atoms with E-state index in [1.165, 1.54) is 4.90 Å². The molecule has 0 aliphatic heterocycles. The van der Waals surface area contributed by atoms with Gasteiger partial charge in [0.25, 0.3) is 5.91 Å². The number of rotatable bonds is 2. The van der Waals surface area contributed by atoms with Crippen molar-refractivity contribution in [3.63, 3.8) is 0 Å². The Labute approximate surface area is 182 Å². The first-order valence-electron chi connectivity index (χ1n) is 9.49. The number of amides is 1. The van der Waals surface area contributed by atoms with E-state index in [4.69, 9.17) is 17.3 Å². The van der Waals surface area contributed by atoms with Gasteiger partial charge >= 0.3 is 0 Å². The number of ketones is 2. The molecule has 1 radical (unpaired) electrons. The van der Waals surface area contributed by atoms with Gasteiger partial charge in [-0.3, -0.25) is 19.3 Å². The smallest absolute Gasteiger partial charge is 0.255 e. The predicted molar refractivity (Wildman–Crippen MR) is 108 cm³/mol. The highest BCUT2D eigenvalue weighted by Gasteiger charge is 2.63. The number of allylic oxidation sites excluding steroid dienone is 1. The molecule has 0 bridgehead atoms. The van der Waals surface area contributed by atoms with Gasteiger partial charge in [-0.2, -0.15) is 0 Å². The van der Waals surface area contributed by atoms with Crippen molar-refractivity contribution in [1.29, 1.82) is 0 Å². The Morgan fingerprint density at radius 3 is 2.52 bits per heavy atom. The summed E-state index contributed by atoms with van der Waals surface area (Å²) in [6.45, 7) is 0. The molecule has 3 aliphatic rings. The number of nitrogens with zero attached hydrogens (tertiary/aromatic N) is 1. The average Bonchev–Trinajstić information content (AvgIpc) is 2.63. The number of hydrogen-bond donors (Lipinski definition) is 5. The number of benzene rings is 1. The predicted octanol–water partition coefficient (Wildman–Crippen LogP) is 0.574. The van der Waals surface area contributed by atoms with Gasteiger partial charge in [-0.05, 0) is 44.5 Å². The van der Waals surface area contributed by atoms with E-state index in [0.29, 0.717) is 5.56 Å². The van der Waals surface area contributed by atoms with E-state index < -0.39 is 63.8 Å². The number of aliphatic hydroxyl groups excluding tert-OH is 2. The SMILES string of the molecule is CN(C)C1C(O)=C(C(N)=O)C(=O)C2(O)C(O)=C3C(=O)c4c([c]c(Cl)cc4O)CC3CC12. The fourth-order valence-electron chi connectivity index (χ4n) is 5.15. The van der Waals surface area contributed by atoms with Crippen LogP contribution in [0.4, 0.5) is 0 Å². The van der Waals surface area contributed by atoms with Crippen LogP contribution in [0.2, 0.25) is 5.02 Å². The van der Waals surface area contributed by atoms with E-state index in [1.807, 2.05) is 0 Å². The molecule has 4 unspecified atom stereocenters. The Kier molecular flexibility index (Phi) is 4.69. The molecule has 1 aromatic rings. The van der Waals surface area contributed by atoms with Gasteiger partial charge in [-0.25, -0.2) is 0 Å². The van der Waals surface area contributed by atoms with E-state index in [-0.39, 0.29) is 29.0 Å². The number of carbonyl (C=O) groups is 3. The number of halogens is 1. The van der Waals surface area contributed by atoms with Gasteiger partial charge in [0.1, 0.15) is 22.8 Å². The van der Waals surface area contributed by atoms with Gasteiger partial charge in [0, 0.05) is 17.6 Å². The number of fused-ring (bicyclic) bond motifs is 3. The van der Waals surface area contributed by atoms with Crippen LogP contribution in [0.25, 0.3) is 0 Å². The topological polar surface area (TPSA) is 161 Å². The molecule has 31 heavy (non-hydrogen) atoms. The van der Waals surface area contributed by atoms with Crippen molar-refractivity contribution >= 4 is 29.1 Å². The number of carbonyl (C=O) groups excluding carboxylic acids is 3. The lowest BCUT2D eigenvalue weighted by atomic mass is 9.58. The Bertz CT molecular complexity index is 1120. The second-order valence-electron chi connectivity index (χ2n) is 8.32. The first-order valence-corrected chi connectivity index (χ1v) is 9.87. The summed E-state index contributed by atoms with van der Waals surface area (Å²) in [6.07, 6.45) is 0.176. The zero-order chi connectivity index (χ0) is 23.0. The van der Waals surface area contributed by atoms with Crippen molar-refractivity contribution < 1.29 is 34.8 Å². The number of aliphatic hydroxyl groups is 3. The normalized spacial score (nSPS) is 30.3. The Morgan fingerprint density at radius 1 is 1.29 bits per heavy atom. The molecule has 1 aromatic carbocycles. The highest BCUT2D eigenvalue weighted by molar-refractivity contribution is 6.31. The van der Waals surface area contributed by atoms with Gasteiger partial charge in [-0.15, -0.1) is 0 Å². The maximum Gasteiger partial charge on any atom is 0.255 e. The molecule has 0 saturated carbocycles. The lowest BCUT2D eigenvalue weighted by molar-refractivity contribution is -0.148. The standard InChI is InChI=1S/C21H20ClN2O7/c1-24(2)15-10-5-8-3-7-4-9(22)6-11(25)12(7)16(26)13(8)18(28)21(10,31)19(29)14(17(15)27)20(23)30/h6,8,10,15,25,27-28,31H,3,5H2,1-2H3,(H2,23,30). The van der Waals surface area contributed by atoms with Crippen molar-refractivity contribution in [3.05, 3.63) is 50.9 Å². The van der Waals surface area contributed by atoms with Gasteiger partial charge < -0.3 is 26.2 Å². The molecule has 4 atom stereocenters. The molecule has 9 nitrogen and oxygen atoms in total. The largest absolute Gasteiger partial charge is 0.510 e. The third-order valence-corrected chi connectivity index (χ3v) is 6.61. The monoisotopic (exact) mass is 447 g/mol. The van der Waals surface area contributed by atoms with E-state index in [9.17, 15) is 34.8 Å². The van der Waals surface area contributed by atoms with Crippen LogP contribution in [0.3, 0.4) is 0 Å². The molecular weight excluding hydrogens is 428 g/mol. The van der Waals surface area contributed by atoms with Crippen LogP contribution in [-0.2, 0) is 16.0 Å². The van der Waals surface area contributed by atoms with Crippen molar-refractivity contribution in [1.82, 2.24) is 4.90 Å². The molecule has 0 spiro atoms. The van der Waals surface area contributed by atoms with Gasteiger partial charge in [0.2, 0.25) is 5.78 Å². The van der Waals surface area contributed by atoms with Crippen molar-refractivity contribution in [3.8, 4) is 5.75 Å². The van der Waals surface area contributed by atoms with Crippen LogP contribution in [0.15, 0.2) is 28.7 Å². The minimum absolute atomic E-state index is 0.0207. The summed E-state index contributed by atoms with van der Waals surface area (Å²) in [7, 11) is 3.14. The molecule has 10 heteroatoms. The number of Topliss-reactive ketones (excluding diaryl/α,β-unsaturated/α-hetero) is 2. The van der Waals surface area contributed by atoms with Crippen LogP contribution in [0, 0.1) is 17.9 Å². The fourth-order valence-corrected chi connectivity index (χ4v) is 5.36. The number of likely N-dealkylation sites (N-methyl/N-ethyl adjacent to an activating group) is 1. The van der Waals surface area contributed by atoms with Crippen LogP contribution >= 0.6 is 11.6 Å². The summed E-state index contributed by atoms with van der Waals surface area (Å²) in [4.78, 5) is 39.7. The number of phenolic OH excluding ortho intramolecular Hbond substituents is 1. The van der Waals surface area contributed by atoms with E-state index >= 15 is 0 Å². The van der Waals surface area contributed by atoms with Gasteiger partial charge in [-0.1, -0.05) is 11.6 Å². The maximum absolute atomic E-state index is 13.2. The van der Waals surface area contributed by atoms with E-state index in [1.54, 1.807) is 14.1 Å². The highest BCUT2D eigenvalue weighted by atomic mass is 35.5. The lowest BCUT2D eigenvalue weighted by Crippen LogP contribution is -2.63. The number of aromatic hydroxyl groups is 1. The molecule has 0 heterocycles. The van der Waals surface area contributed by atoms with Gasteiger partial charge in [0.05, 0.1) is 16.6 Å². The Hall–Kier alpha value is -2.88. The summed E-state index contributed by atoms with van der Waals surface area (Å²) in [5.74, 6) is -6.92. The number of primary amides is 1. The molecule has 4 rings (SSSR count). The van der Waals surface area contributed by atoms with E-state index in [0.717, 1.165) is 6.07 Å². The summed E-state index contributed by atoms with van der Waals surface area (Å²) >= 11 is 5.95. The first-order chi connectivity index (χ1) is 14.4. The van der Waals surface area contributed by atoms with Crippen LogP contribution in [-0.4, -0.2) is 68.5 Å². The lowest BCUT2D eigenvalue weighted by Gasteiger charge is -2.50. The average molecular weight is 448 g/mol. The summed E-state index contributed by atoms with van der Waals surface area (Å²) < 4.78 is 0. The number of phenols is 1. The molecule has 6 N–H and O–H groups in total. The summed E-state index contributed by atoms with van der Waals surface area (Å²) in [6, 6.07) is 2.93. The van der Waals surface area contributed by atoms with Crippen molar-refractivity contribution in [2.24, 2.45) is 17.6 Å². The molecule has 1 amide bonds. The highest BCUT2D eigenvalue weighted by Crippen LogP contribution is 2.52. The van der Waals surface area contributed by atoms with Gasteiger partial charge in [0.15, 0.2) is 11.4 Å².